The normalized spacial score (nSPS) is 17.4. The van der Waals surface area contributed by atoms with Crippen LogP contribution in [0.3, 0.4) is 0 Å². The molecule has 5 heteroatoms. The standard InChI is InChI=1S/C17H22N4O/c1-11(2)13-8-7-12-5-4-6-15(14(12)9-13)18-17(22)16-10-21(3)20-19-16/h7-11,15H,4-6H2,1-3H3,(H,18,22)/t15-/m1/s1. The lowest BCUT2D eigenvalue weighted by molar-refractivity contribution is 0.0927. The second-order valence-electron chi connectivity index (χ2n) is 6.31. The third-order valence-electron chi connectivity index (χ3n) is 4.29. The first-order valence-corrected chi connectivity index (χ1v) is 7.84. The van der Waals surface area contributed by atoms with Crippen molar-refractivity contribution in [2.24, 2.45) is 7.05 Å². The summed E-state index contributed by atoms with van der Waals surface area (Å²) in [5.74, 6) is 0.337. The summed E-state index contributed by atoms with van der Waals surface area (Å²) in [5.41, 5.74) is 4.30. The molecule has 2 aromatic rings. The Morgan fingerprint density at radius 1 is 1.41 bits per heavy atom. The number of hydrogen-bond acceptors (Lipinski definition) is 3. The Kier molecular flexibility index (Phi) is 3.96. The lowest BCUT2D eigenvalue weighted by Crippen LogP contribution is -2.31. The smallest absolute Gasteiger partial charge is 0.273 e. The van der Waals surface area contributed by atoms with Crippen LogP contribution in [0.25, 0.3) is 0 Å². The Bertz CT molecular complexity index is 690. The summed E-state index contributed by atoms with van der Waals surface area (Å²) in [7, 11) is 1.76. The van der Waals surface area contributed by atoms with Crippen molar-refractivity contribution in [1.29, 1.82) is 0 Å². The van der Waals surface area contributed by atoms with Crippen LogP contribution < -0.4 is 5.32 Å². The fourth-order valence-electron chi connectivity index (χ4n) is 3.01. The van der Waals surface area contributed by atoms with E-state index < -0.39 is 0 Å². The summed E-state index contributed by atoms with van der Waals surface area (Å²) in [6.07, 6.45) is 4.80. The van der Waals surface area contributed by atoms with Crippen molar-refractivity contribution in [2.45, 2.75) is 45.1 Å². The highest BCUT2D eigenvalue weighted by Crippen LogP contribution is 2.32. The number of rotatable bonds is 3. The minimum Gasteiger partial charge on any atom is -0.344 e. The third-order valence-corrected chi connectivity index (χ3v) is 4.29. The van der Waals surface area contributed by atoms with E-state index in [1.165, 1.54) is 16.7 Å². The summed E-state index contributed by atoms with van der Waals surface area (Å²) in [5, 5.41) is 10.8. The van der Waals surface area contributed by atoms with Crippen molar-refractivity contribution in [3.63, 3.8) is 0 Å². The van der Waals surface area contributed by atoms with Crippen LogP contribution in [0.5, 0.6) is 0 Å². The number of carbonyl (C=O) groups is 1. The highest BCUT2D eigenvalue weighted by molar-refractivity contribution is 5.92. The molecule has 0 aliphatic heterocycles. The van der Waals surface area contributed by atoms with E-state index in [4.69, 9.17) is 0 Å². The second-order valence-corrected chi connectivity index (χ2v) is 6.31. The highest BCUT2D eigenvalue weighted by Gasteiger charge is 2.23. The van der Waals surface area contributed by atoms with E-state index in [0.29, 0.717) is 11.6 Å². The van der Waals surface area contributed by atoms with Crippen molar-refractivity contribution >= 4 is 5.91 Å². The van der Waals surface area contributed by atoms with Gasteiger partial charge in [-0.25, -0.2) is 0 Å². The first kappa shape index (κ1) is 14.8. The SMILES string of the molecule is CC(C)c1ccc2c(c1)[C@H](NC(=O)c1cn(C)nn1)CCC2. The molecule has 5 nitrogen and oxygen atoms in total. The number of benzene rings is 1. The fraction of sp³-hybridized carbons (Fsp3) is 0.471. The van der Waals surface area contributed by atoms with Crippen molar-refractivity contribution in [3.8, 4) is 0 Å². The van der Waals surface area contributed by atoms with Gasteiger partial charge in [0, 0.05) is 7.05 Å². The summed E-state index contributed by atoms with van der Waals surface area (Å²) in [4.78, 5) is 12.3. The predicted molar refractivity (Wildman–Crippen MR) is 84.7 cm³/mol. The van der Waals surface area contributed by atoms with Gasteiger partial charge in [-0.2, -0.15) is 0 Å². The quantitative estimate of drug-likeness (QED) is 0.948. The summed E-state index contributed by atoms with van der Waals surface area (Å²) in [6.45, 7) is 4.38. The van der Waals surface area contributed by atoms with E-state index >= 15 is 0 Å². The van der Waals surface area contributed by atoms with E-state index in [0.717, 1.165) is 19.3 Å². The minimum absolute atomic E-state index is 0.0666. The third kappa shape index (κ3) is 2.89. The van der Waals surface area contributed by atoms with Crippen LogP contribution in [0, 0.1) is 0 Å². The van der Waals surface area contributed by atoms with Crippen LogP contribution in [0.4, 0.5) is 0 Å². The molecular formula is C17H22N4O. The summed E-state index contributed by atoms with van der Waals surface area (Å²) < 4.78 is 1.54. The molecule has 0 unspecified atom stereocenters. The maximum absolute atomic E-state index is 12.3. The maximum Gasteiger partial charge on any atom is 0.273 e. The lowest BCUT2D eigenvalue weighted by atomic mass is 9.85. The number of carbonyl (C=O) groups excluding carboxylic acids is 1. The van der Waals surface area contributed by atoms with Crippen LogP contribution in [0.2, 0.25) is 0 Å². The van der Waals surface area contributed by atoms with Crippen LogP contribution >= 0.6 is 0 Å². The summed E-state index contributed by atoms with van der Waals surface area (Å²) >= 11 is 0. The maximum atomic E-state index is 12.3. The topological polar surface area (TPSA) is 59.8 Å². The second kappa shape index (κ2) is 5.91. The van der Waals surface area contributed by atoms with E-state index in [-0.39, 0.29) is 11.9 Å². The Hall–Kier alpha value is -2.17. The van der Waals surface area contributed by atoms with Crippen LogP contribution in [-0.2, 0) is 13.5 Å². The zero-order valence-corrected chi connectivity index (χ0v) is 13.3. The Morgan fingerprint density at radius 2 is 2.23 bits per heavy atom. The lowest BCUT2D eigenvalue weighted by Gasteiger charge is -2.27. The predicted octanol–water partition coefficient (Wildman–Crippen LogP) is 2.75. The van der Waals surface area contributed by atoms with Gasteiger partial charge in [-0.05, 0) is 41.9 Å². The molecule has 0 radical (unpaired) electrons. The molecule has 1 aliphatic rings. The molecule has 1 aliphatic carbocycles. The zero-order chi connectivity index (χ0) is 15.7. The van der Waals surface area contributed by atoms with Gasteiger partial charge in [0.25, 0.3) is 5.91 Å². The van der Waals surface area contributed by atoms with Gasteiger partial charge in [0.1, 0.15) is 0 Å². The van der Waals surface area contributed by atoms with Crippen molar-refractivity contribution in [2.75, 3.05) is 0 Å². The molecular weight excluding hydrogens is 276 g/mol. The van der Waals surface area contributed by atoms with Gasteiger partial charge >= 0.3 is 0 Å². The summed E-state index contributed by atoms with van der Waals surface area (Å²) in [6, 6.07) is 6.74. The van der Waals surface area contributed by atoms with Gasteiger partial charge in [0.2, 0.25) is 0 Å². The number of amides is 1. The Morgan fingerprint density at radius 3 is 2.91 bits per heavy atom. The van der Waals surface area contributed by atoms with E-state index in [1.807, 2.05) is 0 Å². The molecule has 22 heavy (non-hydrogen) atoms. The Labute approximate surface area is 130 Å². The largest absolute Gasteiger partial charge is 0.344 e. The van der Waals surface area contributed by atoms with Gasteiger partial charge in [-0.3, -0.25) is 9.48 Å². The van der Waals surface area contributed by atoms with Crippen molar-refractivity contribution < 1.29 is 4.79 Å². The molecule has 1 amide bonds. The first-order valence-electron chi connectivity index (χ1n) is 7.84. The minimum atomic E-state index is -0.152. The first-order chi connectivity index (χ1) is 10.5. The van der Waals surface area contributed by atoms with Gasteiger partial charge in [0.15, 0.2) is 5.69 Å². The van der Waals surface area contributed by atoms with E-state index in [2.05, 4.69) is 47.7 Å². The number of fused-ring (bicyclic) bond motifs is 1. The zero-order valence-electron chi connectivity index (χ0n) is 13.3. The fourth-order valence-corrected chi connectivity index (χ4v) is 3.01. The van der Waals surface area contributed by atoms with Crippen molar-refractivity contribution in [3.05, 3.63) is 46.8 Å². The number of aromatic nitrogens is 3. The van der Waals surface area contributed by atoms with Gasteiger partial charge < -0.3 is 5.32 Å². The highest BCUT2D eigenvalue weighted by atomic mass is 16.2. The van der Waals surface area contributed by atoms with Crippen molar-refractivity contribution in [1.82, 2.24) is 20.3 Å². The molecule has 0 bridgehead atoms. The average Bonchev–Trinajstić information content (AvgIpc) is 2.94. The molecule has 0 saturated carbocycles. The van der Waals surface area contributed by atoms with Crippen LogP contribution in [0.1, 0.15) is 65.8 Å². The van der Waals surface area contributed by atoms with E-state index in [9.17, 15) is 4.79 Å². The number of hydrogen-bond donors (Lipinski definition) is 1. The number of nitrogens with zero attached hydrogens (tertiary/aromatic N) is 3. The Balaban J connectivity index is 1.84. The molecule has 1 heterocycles. The van der Waals surface area contributed by atoms with Crippen LogP contribution in [-0.4, -0.2) is 20.9 Å². The average molecular weight is 298 g/mol. The molecule has 116 valence electrons. The molecule has 0 saturated heterocycles. The van der Waals surface area contributed by atoms with Gasteiger partial charge in [-0.15, -0.1) is 5.10 Å². The van der Waals surface area contributed by atoms with Crippen LogP contribution in [0.15, 0.2) is 24.4 Å². The molecule has 1 aromatic carbocycles. The van der Waals surface area contributed by atoms with Gasteiger partial charge in [-0.1, -0.05) is 37.3 Å². The molecule has 1 N–H and O–H groups in total. The monoisotopic (exact) mass is 298 g/mol. The molecule has 0 fully saturated rings. The number of aryl methyl sites for hydroxylation is 2. The molecule has 1 aromatic heterocycles. The number of nitrogens with one attached hydrogen (secondary N) is 1. The van der Waals surface area contributed by atoms with Gasteiger partial charge in [0.05, 0.1) is 12.2 Å². The molecule has 1 atom stereocenters. The molecule has 0 spiro atoms. The molecule has 3 rings (SSSR count). The van der Waals surface area contributed by atoms with E-state index in [1.54, 1.807) is 17.9 Å².